The molecular formula is C20H22O8. The molecule has 0 bridgehead atoms. The molecule has 2 N–H and O–H groups in total. The predicted molar refractivity (Wildman–Crippen MR) is 89.5 cm³/mol. The lowest BCUT2D eigenvalue weighted by atomic mass is 9.42. The van der Waals surface area contributed by atoms with Gasteiger partial charge in [0.25, 0.3) is 0 Å². The molecule has 150 valence electrons. The number of hydrogen-bond acceptors (Lipinski definition) is 8. The minimum absolute atomic E-state index is 0.117. The van der Waals surface area contributed by atoms with Gasteiger partial charge in [0, 0.05) is 6.42 Å². The van der Waals surface area contributed by atoms with Crippen LogP contribution in [0.15, 0.2) is 22.8 Å². The van der Waals surface area contributed by atoms with Gasteiger partial charge in [0.2, 0.25) is 5.60 Å². The summed E-state index contributed by atoms with van der Waals surface area (Å²) in [4.78, 5) is 25.9. The first-order valence-electron chi connectivity index (χ1n) is 9.83. The van der Waals surface area contributed by atoms with E-state index >= 15 is 0 Å². The SMILES string of the molecule is C[C@H]1C[C@H](O)[C@@]23COC(=O)[C@]2(O)[C@H]2O[C@H]2C[C@@H]3[C@@]12C[C@@H](c1ccco1)OC2=O. The first kappa shape index (κ1) is 17.0. The molecular weight excluding hydrogens is 368 g/mol. The van der Waals surface area contributed by atoms with E-state index in [0.717, 1.165) is 0 Å². The predicted octanol–water partition coefficient (Wildman–Crippen LogP) is 0.716. The van der Waals surface area contributed by atoms with E-state index < -0.39 is 46.6 Å². The van der Waals surface area contributed by atoms with E-state index in [1.54, 1.807) is 12.1 Å². The molecule has 8 heteroatoms. The summed E-state index contributed by atoms with van der Waals surface area (Å²) in [5.41, 5.74) is -4.16. The van der Waals surface area contributed by atoms with E-state index in [1.807, 2.05) is 6.92 Å². The second kappa shape index (κ2) is 4.98. The summed E-state index contributed by atoms with van der Waals surface area (Å²) in [5, 5.41) is 22.6. The van der Waals surface area contributed by atoms with Gasteiger partial charge in [-0.2, -0.15) is 0 Å². The first-order chi connectivity index (χ1) is 13.4. The number of rotatable bonds is 1. The Morgan fingerprint density at radius 3 is 2.79 bits per heavy atom. The number of epoxide rings is 1. The number of cyclic esters (lactones) is 2. The van der Waals surface area contributed by atoms with Gasteiger partial charge in [0.15, 0.2) is 6.10 Å². The molecule has 0 amide bonds. The van der Waals surface area contributed by atoms with Crippen LogP contribution in [0.3, 0.4) is 0 Å². The fourth-order valence-corrected chi connectivity index (χ4v) is 6.82. The zero-order valence-corrected chi connectivity index (χ0v) is 15.4. The third-order valence-corrected chi connectivity index (χ3v) is 8.23. The highest BCUT2D eigenvalue weighted by Gasteiger charge is 2.85. The van der Waals surface area contributed by atoms with Crippen molar-refractivity contribution in [3.05, 3.63) is 24.2 Å². The van der Waals surface area contributed by atoms with Crippen molar-refractivity contribution >= 4 is 11.9 Å². The monoisotopic (exact) mass is 390 g/mol. The number of esters is 2. The molecule has 5 aliphatic rings. The van der Waals surface area contributed by atoms with Crippen LogP contribution < -0.4 is 0 Å². The summed E-state index contributed by atoms with van der Waals surface area (Å²) in [6.45, 7) is 1.81. The quantitative estimate of drug-likeness (QED) is 0.532. The van der Waals surface area contributed by atoms with Gasteiger partial charge in [-0.05, 0) is 36.8 Å². The van der Waals surface area contributed by atoms with Crippen molar-refractivity contribution < 1.29 is 38.4 Å². The highest BCUT2D eigenvalue weighted by molar-refractivity contribution is 5.87. The fourth-order valence-electron chi connectivity index (χ4n) is 6.82. The molecule has 1 aromatic rings. The van der Waals surface area contributed by atoms with Crippen LogP contribution in [-0.2, 0) is 23.8 Å². The Labute approximate surface area is 160 Å². The zero-order chi connectivity index (χ0) is 19.5. The number of carbonyl (C=O) groups is 2. The summed E-state index contributed by atoms with van der Waals surface area (Å²) in [6, 6.07) is 3.52. The Kier molecular flexibility index (Phi) is 3.02. The lowest BCUT2D eigenvalue weighted by molar-refractivity contribution is -0.226. The summed E-state index contributed by atoms with van der Waals surface area (Å²) >= 11 is 0. The van der Waals surface area contributed by atoms with Crippen molar-refractivity contribution in [1.82, 2.24) is 0 Å². The Morgan fingerprint density at radius 1 is 1.21 bits per heavy atom. The molecule has 0 unspecified atom stereocenters. The first-order valence-corrected chi connectivity index (χ1v) is 9.83. The number of aliphatic hydroxyl groups excluding tert-OH is 1. The minimum Gasteiger partial charge on any atom is -0.465 e. The molecule has 5 fully saturated rings. The molecule has 9 atom stereocenters. The topological polar surface area (TPSA) is 119 Å². The van der Waals surface area contributed by atoms with Gasteiger partial charge < -0.3 is 28.8 Å². The summed E-state index contributed by atoms with van der Waals surface area (Å²) in [6.07, 6.45) is 0.154. The van der Waals surface area contributed by atoms with Gasteiger partial charge in [0.1, 0.15) is 18.5 Å². The van der Waals surface area contributed by atoms with Gasteiger partial charge in [-0.3, -0.25) is 4.79 Å². The number of aliphatic hydroxyl groups is 2. The molecule has 3 saturated heterocycles. The molecule has 2 aliphatic carbocycles. The second-order valence-corrected chi connectivity index (χ2v) is 9.07. The number of ether oxygens (including phenoxy) is 3. The van der Waals surface area contributed by atoms with Crippen LogP contribution >= 0.6 is 0 Å². The molecule has 8 nitrogen and oxygen atoms in total. The molecule has 1 aromatic heterocycles. The Balaban J connectivity index is 1.51. The van der Waals surface area contributed by atoms with Crippen LogP contribution in [0.1, 0.15) is 38.1 Å². The number of hydrogen-bond donors (Lipinski definition) is 2. The number of furan rings is 1. The highest BCUT2D eigenvalue weighted by Crippen LogP contribution is 2.71. The highest BCUT2D eigenvalue weighted by atomic mass is 16.6. The third kappa shape index (κ3) is 1.62. The molecule has 6 rings (SSSR count). The van der Waals surface area contributed by atoms with E-state index in [1.165, 1.54) is 6.26 Å². The summed E-state index contributed by atoms with van der Waals surface area (Å²) in [5.74, 6) is -1.24. The molecule has 2 saturated carbocycles. The van der Waals surface area contributed by atoms with Crippen LogP contribution in [0.4, 0.5) is 0 Å². The zero-order valence-electron chi connectivity index (χ0n) is 15.4. The van der Waals surface area contributed by atoms with Crippen LogP contribution in [0, 0.1) is 22.7 Å². The maximum Gasteiger partial charge on any atom is 0.341 e. The maximum absolute atomic E-state index is 13.3. The normalized spacial score (nSPS) is 54.0. The molecule has 4 heterocycles. The summed E-state index contributed by atoms with van der Waals surface area (Å²) < 4.78 is 22.2. The average molecular weight is 390 g/mol. The Bertz CT molecular complexity index is 866. The van der Waals surface area contributed by atoms with Crippen molar-refractivity contribution in [2.75, 3.05) is 6.61 Å². The molecule has 2 spiro atoms. The average Bonchev–Trinajstić information content (AvgIpc) is 3.01. The van der Waals surface area contributed by atoms with Gasteiger partial charge in [-0.15, -0.1) is 0 Å². The van der Waals surface area contributed by atoms with E-state index in [9.17, 15) is 19.8 Å². The number of fused-ring (bicyclic) bond motifs is 3. The maximum atomic E-state index is 13.3. The minimum atomic E-state index is -1.93. The standard InChI is InChI=1S/C20H22O8/c1-9-5-14(21)19-8-26-17(23)20(19,24)15-11(27-15)6-13(19)18(9)7-12(28-16(18)22)10-3-2-4-25-10/h2-4,9,11-15,21,24H,5-8H2,1H3/t9-,11-,12-,13+,14-,15-,18+,19-,20+/m0/s1. The fraction of sp³-hybridized carbons (Fsp3) is 0.700. The van der Waals surface area contributed by atoms with Crippen molar-refractivity contribution in [3.63, 3.8) is 0 Å². The van der Waals surface area contributed by atoms with Gasteiger partial charge in [-0.1, -0.05) is 6.92 Å². The largest absolute Gasteiger partial charge is 0.465 e. The van der Waals surface area contributed by atoms with Crippen LogP contribution in [0.25, 0.3) is 0 Å². The van der Waals surface area contributed by atoms with E-state index in [-0.39, 0.29) is 31.0 Å². The van der Waals surface area contributed by atoms with Crippen molar-refractivity contribution in [3.8, 4) is 0 Å². The number of carbonyl (C=O) groups excluding carboxylic acids is 2. The molecule has 0 aromatic carbocycles. The van der Waals surface area contributed by atoms with Crippen LogP contribution in [0.2, 0.25) is 0 Å². The van der Waals surface area contributed by atoms with E-state index in [4.69, 9.17) is 18.6 Å². The van der Waals surface area contributed by atoms with Gasteiger partial charge in [0.05, 0.1) is 29.3 Å². The lowest BCUT2D eigenvalue weighted by Crippen LogP contribution is -2.72. The van der Waals surface area contributed by atoms with Gasteiger partial charge in [-0.25, -0.2) is 4.79 Å². The van der Waals surface area contributed by atoms with Crippen molar-refractivity contribution in [2.45, 2.75) is 56.2 Å². The van der Waals surface area contributed by atoms with Gasteiger partial charge >= 0.3 is 11.9 Å². The Hall–Kier alpha value is -1.90. The van der Waals surface area contributed by atoms with Crippen molar-refractivity contribution in [2.24, 2.45) is 22.7 Å². The van der Waals surface area contributed by atoms with E-state index in [0.29, 0.717) is 18.6 Å². The molecule has 0 radical (unpaired) electrons. The molecule has 28 heavy (non-hydrogen) atoms. The smallest absolute Gasteiger partial charge is 0.341 e. The molecule has 3 aliphatic heterocycles. The van der Waals surface area contributed by atoms with Crippen molar-refractivity contribution in [1.29, 1.82) is 0 Å². The van der Waals surface area contributed by atoms with E-state index in [2.05, 4.69) is 0 Å². The van der Waals surface area contributed by atoms with Crippen LogP contribution in [0.5, 0.6) is 0 Å². The Morgan fingerprint density at radius 2 is 2.04 bits per heavy atom. The third-order valence-electron chi connectivity index (χ3n) is 8.23. The lowest BCUT2D eigenvalue weighted by Gasteiger charge is -2.59. The second-order valence-electron chi connectivity index (χ2n) is 9.07. The summed E-state index contributed by atoms with van der Waals surface area (Å²) in [7, 11) is 0. The van der Waals surface area contributed by atoms with Crippen LogP contribution in [-0.4, -0.2) is 52.7 Å².